The monoisotopic (exact) mass is 435 g/mol. The van der Waals surface area contributed by atoms with Crippen molar-refractivity contribution in [2.24, 2.45) is 5.92 Å². The van der Waals surface area contributed by atoms with Crippen LogP contribution in [0.5, 0.6) is 0 Å². The van der Waals surface area contributed by atoms with Crippen LogP contribution in [0.2, 0.25) is 0 Å². The Morgan fingerprint density at radius 1 is 1.25 bits per heavy atom. The van der Waals surface area contributed by atoms with Gasteiger partial charge in [-0.3, -0.25) is 4.79 Å². The van der Waals surface area contributed by atoms with Crippen LogP contribution in [-0.2, 0) is 14.5 Å². The summed E-state index contributed by atoms with van der Waals surface area (Å²) >= 11 is 0. The highest BCUT2D eigenvalue weighted by Crippen LogP contribution is 2.39. The third-order valence-electron chi connectivity index (χ3n) is 4.83. The van der Waals surface area contributed by atoms with E-state index in [2.05, 4.69) is 15.0 Å². The summed E-state index contributed by atoms with van der Waals surface area (Å²) in [6, 6.07) is 0. The maximum Gasteiger partial charge on any atom is 0.295 e. The third-order valence-corrected chi connectivity index (χ3v) is 7.83. The lowest BCUT2D eigenvalue weighted by Crippen LogP contribution is -2.41. The molecule has 0 aromatic rings. The van der Waals surface area contributed by atoms with Crippen molar-refractivity contribution >= 4 is 27.5 Å². The van der Waals surface area contributed by atoms with Crippen LogP contribution in [0.4, 0.5) is 0 Å². The predicted octanol–water partition coefficient (Wildman–Crippen LogP) is 2.94. The number of hydrogen-bond acceptors (Lipinski definition) is 9. The molecule has 0 bridgehead atoms. The first-order valence-electron chi connectivity index (χ1n) is 9.26. The fourth-order valence-corrected chi connectivity index (χ4v) is 6.25. The molecule has 28 heavy (non-hydrogen) atoms. The number of unbranched alkanes of at least 4 members (excludes halogenated alkanes) is 2. The minimum Gasteiger partial charge on any atom is -0.352 e. The van der Waals surface area contributed by atoms with Crippen LogP contribution in [0.15, 0.2) is 11.6 Å². The quantitative estimate of drug-likeness (QED) is 0.225. The number of carbonyl (C=O) groups excluding carboxylic acids is 1. The van der Waals surface area contributed by atoms with Crippen molar-refractivity contribution in [3.05, 3.63) is 31.9 Å². The largest absolute Gasteiger partial charge is 0.352 e. The van der Waals surface area contributed by atoms with E-state index in [1.807, 2.05) is 21.6 Å². The summed E-state index contributed by atoms with van der Waals surface area (Å²) in [7, 11) is 3.88. The number of nitrogens with zero attached hydrogens (tertiary/aromatic N) is 2. The molecule has 0 spiro atoms. The van der Waals surface area contributed by atoms with Gasteiger partial charge in [-0.15, -0.1) is 20.2 Å². The van der Waals surface area contributed by atoms with Crippen molar-refractivity contribution in [3.63, 3.8) is 0 Å². The maximum atomic E-state index is 12.4. The average molecular weight is 436 g/mol. The number of rotatable bonds is 11. The highest BCUT2D eigenvalue weighted by molar-refractivity contribution is 8.77. The Labute approximate surface area is 170 Å². The molecule has 1 saturated heterocycles. The molecule has 12 heteroatoms. The van der Waals surface area contributed by atoms with Gasteiger partial charge in [0.15, 0.2) is 0 Å². The molecule has 1 N–H and O–H groups in total. The van der Waals surface area contributed by atoms with E-state index in [0.717, 1.165) is 24.5 Å². The second-order valence-electron chi connectivity index (χ2n) is 6.85. The summed E-state index contributed by atoms with van der Waals surface area (Å²) in [6.45, 7) is 2.04. The minimum absolute atomic E-state index is 0.00211. The van der Waals surface area contributed by atoms with Crippen molar-refractivity contribution in [1.82, 2.24) is 5.32 Å². The fourth-order valence-electron chi connectivity index (χ4n) is 3.22. The second kappa shape index (κ2) is 11.3. The molecule has 1 fully saturated rings. The Kier molecular flexibility index (Phi) is 9.16. The van der Waals surface area contributed by atoms with Crippen molar-refractivity contribution in [1.29, 1.82) is 0 Å². The van der Waals surface area contributed by atoms with Crippen LogP contribution in [0.1, 0.15) is 45.4 Å². The van der Waals surface area contributed by atoms with Crippen molar-refractivity contribution in [2.75, 3.05) is 12.3 Å². The second-order valence-corrected chi connectivity index (χ2v) is 9.64. The molecule has 0 saturated carbocycles. The summed E-state index contributed by atoms with van der Waals surface area (Å²) in [5, 5.41) is 22.9. The van der Waals surface area contributed by atoms with E-state index < -0.39 is 34.2 Å². The molecule has 0 aromatic carbocycles. The zero-order valence-electron chi connectivity index (χ0n) is 15.6. The van der Waals surface area contributed by atoms with Gasteiger partial charge in [-0.1, -0.05) is 41.4 Å². The first kappa shape index (κ1) is 22.6. The van der Waals surface area contributed by atoms with Gasteiger partial charge in [-0.25, -0.2) is 0 Å². The molecule has 158 valence electrons. The van der Waals surface area contributed by atoms with Gasteiger partial charge < -0.3 is 15.0 Å². The van der Waals surface area contributed by atoms with Crippen molar-refractivity contribution < 1.29 is 24.6 Å². The maximum absolute atomic E-state index is 12.4. The highest BCUT2D eigenvalue weighted by atomic mass is 33.1. The minimum atomic E-state index is -1.07. The Hall–Kier alpha value is -1.69. The molecule has 1 aliphatic carbocycles. The topological polar surface area (TPSA) is 134 Å². The molecule has 10 nitrogen and oxygen atoms in total. The Morgan fingerprint density at radius 2 is 2.00 bits per heavy atom. The summed E-state index contributed by atoms with van der Waals surface area (Å²) in [5.74, 6) is 0.184. The van der Waals surface area contributed by atoms with Gasteiger partial charge >= 0.3 is 0 Å². The van der Waals surface area contributed by atoms with Gasteiger partial charge in [-0.2, -0.15) is 0 Å². The summed E-state index contributed by atoms with van der Waals surface area (Å²) in [4.78, 5) is 42.9. The van der Waals surface area contributed by atoms with Crippen LogP contribution >= 0.6 is 21.6 Å². The first-order valence-corrected chi connectivity index (χ1v) is 11.6. The number of carbonyl (C=O) groups is 1. The first-order chi connectivity index (χ1) is 13.4. The van der Waals surface area contributed by atoms with E-state index in [9.17, 15) is 25.0 Å². The zero-order valence-corrected chi connectivity index (χ0v) is 17.2. The molecule has 1 amide bonds. The van der Waals surface area contributed by atoms with E-state index in [1.165, 1.54) is 24.7 Å². The van der Waals surface area contributed by atoms with Gasteiger partial charge in [0.05, 0.1) is 0 Å². The lowest BCUT2D eigenvalue weighted by atomic mass is 9.85. The molecule has 2 aliphatic rings. The SMILES string of the molecule is CC1C(O[N+](=O)[O-])C=C(C(=O)NCCCCCC2CCSS2)CC1O[N+](=O)[O-]. The van der Waals surface area contributed by atoms with E-state index >= 15 is 0 Å². The Bertz CT molecular complexity index is 599. The van der Waals surface area contributed by atoms with Gasteiger partial charge in [0.2, 0.25) is 5.91 Å². The smallest absolute Gasteiger partial charge is 0.295 e. The zero-order chi connectivity index (χ0) is 20.5. The van der Waals surface area contributed by atoms with Crippen LogP contribution in [0.3, 0.4) is 0 Å². The highest BCUT2D eigenvalue weighted by Gasteiger charge is 2.36. The van der Waals surface area contributed by atoms with E-state index in [0.29, 0.717) is 6.54 Å². The van der Waals surface area contributed by atoms with Crippen LogP contribution in [0, 0.1) is 26.1 Å². The van der Waals surface area contributed by atoms with E-state index in [1.54, 1.807) is 6.92 Å². The van der Waals surface area contributed by atoms with Crippen LogP contribution in [-0.4, -0.2) is 45.8 Å². The molecule has 0 radical (unpaired) electrons. The fraction of sp³-hybridized carbons (Fsp3) is 0.812. The van der Waals surface area contributed by atoms with E-state index in [-0.39, 0.29) is 12.0 Å². The molecule has 0 aromatic heterocycles. The standard InChI is InChI=1S/C16H25N3O7S2/c1-11-14(25-18(21)22)9-12(10-15(11)26-19(23)24)16(20)17-7-4-2-3-5-13-6-8-27-28-13/h9,11,13-15H,2-8,10H2,1H3,(H,17,20). The summed E-state index contributed by atoms with van der Waals surface area (Å²) < 4.78 is 0. The predicted molar refractivity (Wildman–Crippen MR) is 106 cm³/mol. The summed E-state index contributed by atoms with van der Waals surface area (Å²) in [5.41, 5.74) is 0.205. The Morgan fingerprint density at radius 3 is 2.64 bits per heavy atom. The molecule has 4 unspecified atom stereocenters. The third kappa shape index (κ3) is 7.38. The summed E-state index contributed by atoms with van der Waals surface area (Å²) in [6.07, 6.45) is 4.73. The number of nitrogens with one attached hydrogen (secondary N) is 1. The van der Waals surface area contributed by atoms with Crippen LogP contribution < -0.4 is 5.32 Å². The van der Waals surface area contributed by atoms with Crippen LogP contribution in [0.25, 0.3) is 0 Å². The molecular weight excluding hydrogens is 410 g/mol. The molecular formula is C16H25N3O7S2. The number of hydrogen-bond donors (Lipinski definition) is 1. The molecule has 1 heterocycles. The van der Waals surface area contributed by atoms with Crippen molar-refractivity contribution in [3.8, 4) is 0 Å². The number of amides is 1. The Balaban J connectivity index is 1.79. The van der Waals surface area contributed by atoms with Gasteiger partial charge in [-0.05, 0) is 25.3 Å². The lowest BCUT2D eigenvalue weighted by molar-refractivity contribution is -0.781. The lowest BCUT2D eigenvalue weighted by Gasteiger charge is -2.31. The van der Waals surface area contributed by atoms with Gasteiger partial charge in [0.25, 0.3) is 10.2 Å². The van der Waals surface area contributed by atoms with Crippen molar-refractivity contribution in [2.45, 2.75) is 62.9 Å². The average Bonchev–Trinajstić information content (AvgIpc) is 3.13. The molecule has 4 atom stereocenters. The molecule has 2 rings (SSSR count). The van der Waals surface area contributed by atoms with Gasteiger partial charge in [0, 0.05) is 35.5 Å². The van der Waals surface area contributed by atoms with Gasteiger partial charge in [0.1, 0.15) is 12.2 Å². The van der Waals surface area contributed by atoms with E-state index in [4.69, 9.17) is 0 Å². The normalized spacial score (nSPS) is 27.0. The molecule has 1 aliphatic heterocycles.